The van der Waals surface area contributed by atoms with Gasteiger partial charge in [0.05, 0.1) is 6.61 Å². The second-order valence-corrected chi connectivity index (χ2v) is 3.94. The first kappa shape index (κ1) is 12.9. The molecule has 6 nitrogen and oxygen atoms in total. The maximum atomic E-state index is 11.3. The quantitative estimate of drug-likeness (QED) is 0.508. The van der Waals surface area contributed by atoms with Crippen molar-refractivity contribution >= 4 is 11.8 Å². The minimum atomic E-state index is -0.670. The Morgan fingerprint density at radius 2 is 2.19 bits per heavy atom. The van der Waals surface area contributed by atoms with Crippen molar-refractivity contribution < 1.29 is 14.3 Å². The summed E-state index contributed by atoms with van der Waals surface area (Å²) in [5.41, 5.74) is 5.50. The van der Waals surface area contributed by atoms with Crippen LogP contribution in [-0.2, 0) is 14.3 Å². The average Bonchev–Trinajstić information content (AvgIpc) is 3.01. The summed E-state index contributed by atoms with van der Waals surface area (Å²) < 4.78 is 4.75. The molecule has 4 N–H and O–H groups in total. The summed E-state index contributed by atoms with van der Waals surface area (Å²) in [5, 5.41) is 5.42. The Morgan fingerprint density at radius 3 is 2.75 bits per heavy atom. The molecule has 16 heavy (non-hydrogen) atoms. The standard InChI is InChI=1S/C10H19N3O3/c1-16-6-8(11)10(15)12-5-4-9(14)13-7-2-3-7/h7-8H,2-6,11H2,1H3,(H,12,15)(H,13,14). The molecule has 92 valence electrons. The Bertz CT molecular complexity index is 254. The molecule has 0 radical (unpaired) electrons. The first-order chi connectivity index (χ1) is 7.63. The van der Waals surface area contributed by atoms with Crippen LogP contribution in [0.5, 0.6) is 0 Å². The number of rotatable bonds is 7. The van der Waals surface area contributed by atoms with Crippen LogP contribution in [0.15, 0.2) is 0 Å². The summed E-state index contributed by atoms with van der Waals surface area (Å²) in [6, 6.07) is -0.310. The van der Waals surface area contributed by atoms with Gasteiger partial charge in [-0.2, -0.15) is 0 Å². The molecule has 0 aromatic heterocycles. The minimum Gasteiger partial charge on any atom is -0.383 e. The van der Waals surface area contributed by atoms with E-state index in [0.29, 0.717) is 19.0 Å². The molecule has 0 aromatic rings. The highest BCUT2D eigenvalue weighted by atomic mass is 16.5. The summed E-state index contributed by atoms with van der Waals surface area (Å²) in [4.78, 5) is 22.6. The van der Waals surface area contributed by atoms with Crippen molar-refractivity contribution in [2.45, 2.75) is 31.3 Å². The van der Waals surface area contributed by atoms with E-state index in [0.717, 1.165) is 12.8 Å². The van der Waals surface area contributed by atoms with E-state index in [4.69, 9.17) is 10.5 Å². The Hall–Kier alpha value is -1.14. The van der Waals surface area contributed by atoms with E-state index >= 15 is 0 Å². The molecule has 1 aliphatic rings. The molecule has 2 amide bonds. The third kappa shape index (κ3) is 5.09. The maximum absolute atomic E-state index is 11.3. The predicted octanol–water partition coefficient (Wildman–Crippen LogP) is -1.25. The summed E-state index contributed by atoms with van der Waals surface area (Å²) in [6.45, 7) is 0.495. The number of amides is 2. The first-order valence-corrected chi connectivity index (χ1v) is 5.45. The third-order valence-corrected chi connectivity index (χ3v) is 2.28. The summed E-state index contributed by atoms with van der Waals surface area (Å²) in [7, 11) is 1.48. The fourth-order valence-corrected chi connectivity index (χ4v) is 1.21. The van der Waals surface area contributed by atoms with Crippen LogP contribution in [0.25, 0.3) is 0 Å². The number of hydrogen-bond donors (Lipinski definition) is 3. The van der Waals surface area contributed by atoms with Crippen LogP contribution in [0.2, 0.25) is 0 Å². The van der Waals surface area contributed by atoms with Gasteiger partial charge in [0.25, 0.3) is 0 Å². The Kier molecular flexibility index (Phi) is 5.21. The molecule has 0 aromatic carbocycles. The van der Waals surface area contributed by atoms with E-state index < -0.39 is 6.04 Å². The molecule has 0 heterocycles. The maximum Gasteiger partial charge on any atom is 0.239 e. The lowest BCUT2D eigenvalue weighted by Crippen LogP contribution is -2.44. The molecule has 6 heteroatoms. The van der Waals surface area contributed by atoms with Gasteiger partial charge >= 0.3 is 0 Å². The van der Waals surface area contributed by atoms with Gasteiger partial charge in [0.15, 0.2) is 0 Å². The number of nitrogens with one attached hydrogen (secondary N) is 2. The van der Waals surface area contributed by atoms with Crippen LogP contribution in [-0.4, -0.2) is 44.2 Å². The van der Waals surface area contributed by atoms with Crippen LogP contribution in [0.1, 0.15) is 19.3 Å². The number of carbonyl (C=O) groups is 2. The van der Waals surface area contributed by atoms with Crippen molar-refractivity contribution in [3.05, 3.63) is 0 Å². The lowest BCUT2D eigenvalue weighted by molar-refractivity contribution is -0.124. The molecule has 1 fully saturated rings. The van der Waals surface area contributed by atoms with E-state index in [9.17, 15) is 9.59 Å². The highest BCUT2D eigenvalue weighted by Gasteiger charge is 2.23. The van der Waals surface area contributed by atoms with Crippen LogP contribution >= 0.6 is 0 Å². The van der Waals surface area contributed by atoms with Crippen molar-refractivity contribution in [3.8, 4) is 0 Å². The SMILES string of the molecule is COCC(N)C(=O)NCCC(=O)NC1CC1. The fraction of sp³-hybridized carbons (Fsp3) is 0.800. The number of carbonyl (C=O) groups excluding carboxylic acids is 2. The molecule has 0 spiro atoms. The molecule has 1 unspecified atom stereocenters. The molecule has 0 aliphatic heterocycles. The minimum absolute atomic E-state index is 0.0249. The molecule has 0 bridgehead atoms. The third-order valence-electron chi connectivity index (χ3n) is 2.28. The molecule has 1 saturated carbocycles. The number of methoxy groups -OCH3 is 1. The second kappa shape index (κ2) is 6.44. The summed E-state index contributed by atoms with van der Waals surface area (Å²) in [6.07, 6.45) is 2.43. The largest absolute Gasteiger partial charge is 0.383 e. The second-order valence-electron chi connectivity index (χ2n) is 3.94. The topological polar surface area (TPSA) is 93.4 Å². The molecule has 1 aliphatic carbocycles. The average molecular weight is 229 g/mol. The Balaban J connectivity index is 2.04. The Labute approximate surface area is 94.9 Å². The van der Waals surface area contributed by atoms with Crippen LogP contribution < -0.4 is 16.4 Å². The molecular formula is C10H19N3O3. The van der Waals surface area contributed by atoms with Gasteiger partial charge in [0, 0.05) is 26.1 Å². The van der Waals surface area contributed by atoms with Crippen molar-refractivity contribution in [1.29, 1.82) is 0 Å². The highest BCUT2D eigenvalue weighted by Crippen LogP contribution is 2.18. The van der Waals surface area contributed by atoms with Crippen molar-refractivity contribution in [1.82, 2.24) is 10.6 Å². The van der Waals surface area contributed by atoms with E-state index in [1.165, 1.54) is 7.11 Å². The lowest BCUT2D eigenvalue weighted by atomic mass is 10.3. The molecule has 0 saturated heterocycles. The van der Waals surface area contributed by atoms with Crippen LogP contribution in [0.4, 0.5) is 0 Å². The molecule has 1 rings (SSSR count). The predicted molar refractivity (Wildman–Crippen MR) is 58.6 cm³/mol. The zero-order valence-corrected chi connectivity index (χ0v) is 9.49. The molecular weight excluding hydrogens is 210 g/mol. The van der Waals surface area contributed by atoms with Crippen molar-refractivity contribution in [2.24, 2.45) is 5.73 Å². The monoisotopic (exact) mass is 229 g/mol. The molecule has 1 atom stereocenters. The van der Waals surface area contributed by atoms with Crippen molar-refractivity contribution in [2.75, 3.05) is 20.3 Å². The zero-order valence-electron chi connectivity index (χ0n) is 9.49. The van der Waals surface area contributed by atoms with Gasteiger partial charge in [-0.1, -0.05) is 0 Å². The number of ether oxygens (including phenoxy) is 1. The van der Waals surface area contributed by atoms with Gasteiger partial charge in [-0.05, 0) is 12.8 Å². The smallest absolute Gasteiger partial charge is 0.239 e. The zero-order chi connectivity index (χ0) is 12.0. The summed E-state index contributed by atoms with van der Waals surface area (Å²) in [5.74, 6) is -0.316. The summed E-state index contributed by atoms with van der Waals surface area (Å²) >= 11 is 0. The van der Waals surface area contributed by atoms with E-state index in [2.05, 4.69) is 10.6 Å². The van der Waals surface area contributed by atoms with Gasteiger partial charge in [0.1, 0.15) is 6.04 Å². The van der Waals surface area contributed by atoms with Gasteiger partial charge in [-0.25, -0.2) is 0 Å². The van der Waals surface area contributed by atoms with E-state index in [1.54, 1.807) is 0 Å². The lowest BCUT2D eigenvalue weighted by Gasteiger charge is -2.10. The Morgan fingerprint density at radius 1 is 1.50 bits per heavy atom. The highest BCUT2D eigenvalue weighted by molar-refractivity contribution is 5.82. The van der Waals surface area contributed by atoms with Crippen molar-refractivity contribution in [3.63, 3.8) is 0 Å². The van der Waals surface area contributed by atoms with Crippen LogP contribution in [0.3, 0.4) is 0 Å². The normalized spacial score (nSPS) is 16.6. The number of hydrogen-bond acceptors (Lipinski definition) is 4. The van der Waals surface area contributed by atoms with Gasteiger partial charge in [-0.15, -0.1) is 0 Å². The van der Waals surface area contributed by atoms with Gasteiger partial charge in [-0.3, -0.25) is 9.59 Å². The number of nitrogens with two attached hydrogens (primary N) is 1. The first-order valence-electron chi connectivity index (χ1n) is 5.45. The van der Waals surface area contributed by atoms with Gasteiger partial charge in [0.2, 0.25) is 11.8 Å². The van der Waals surface area contributed by atoms with E-state index in [-0.39, 0.29) is 18.4 Å². The van der Waals surface area contributed by atoms with Gasteiger partial charge < -0.3 is 21.1 Å². The fourth-order valence-electron chi connectivity index (χ4n) is 1.21. The van der Waals surface area contributed by atoms with E-state index in [1.807, 2.05) is 0 Å². The van der Waals surface area contributed by atoms with Crippen LogP contribution in [0, 0.1) is 0 Å².